The van der Waals surface area contributed by atoms with Gasteiger partial charge in [0.1, 0.15) is 5.56 Å². The molecule has 1 aromatic rings. The molecule has 1 heterocycles. The summed E-state index contributed by atoms with van der Waals surface area (Å²) in [7, 11) is 0. The number of terminal acetylenes is 1. The van der Waals surface area contributed by atoms with E-state index in [1.807, 2.05) is 0 Å². The molecule has 0 bridgehead atoms. The van der Waals surface area contributed by atoms with Crippen molar-refractivity contribution in [3.63, 3.8) is 0 Å². The Morgan fingerprint density at radius 3 is 3.12 bits per heavy atom. The molecule has 1 N–H and O–H groups in total. The number of fused-ring (bicyclic) bond motifs is 1. The van der Waals surface area contributed by atoms with E-state index < -0.39 is 5.97 Å². The third-order valence-corrected chi connectivity index (χ3v) is 2.54. The van der Waals surface area contributed by atoms with Gasteiger partial charge in [-0.2, -0.15) is 0 Å². The summed E-state index contributed by atoms with van der Waals surface area (Å²) < 4.78 is 5.14. The number of hydrogen-bond donors (Lipinski definition) is 1. The molecule has 1 aliphatic rings. The van der Waals surface area contributed by atoms with Gasteiger partial charge in [-0.15, -0.1) is 6.42 Å². The molecule has 16 heavy (non-hydrogen) atoms. The van der Waals surface area contributed by atoms with Crippen LogP contribution in [0.15, 0.2) is 6.07 Å². The van der Waals surface area contributed by atoms with Crippen LogP contribution in [-0.2, 0) is 12.8 Å². The largest absolute Gasteiger partial charge is 0.477 e. The van der Waals surface area contributed by atoms with E-state index in [9.17, 15) is 4.79 Å². The molecule has 0 radical (unpaired) electrons. The molecular weight excluding hydrogens is 206 g/mol. The summed E-state index contributed by atoms with van der Waals surface area (Å²) in [6, 6.07) is 1.64. The van der Waals surface area contributed by atoms with Gasteiger partial charge in [0.05, 0.1) is 0 Å². The highest BCUT2D eigenvalue weighted by Crippen LogP contribution is 2.26. The minimum Gasteiger partial charge on any atom is -0.477 e. The Balaban J connectivity index is 2.41. The van der Waals surface area contributed by atoms with Gasteiger partial charge in [-0.1, -0.05) is 5.92 Å². The summed E-state index contributed by atoms with van der Waals surface area (Å²) in [5.74, 6) is 1.39. The lowest BCUT2D eigenvalue weighted by Crippen LogP contribution is -2.07. The van der Waals surface area contributed by atoms with E-state index in [1.165, 1.54) is 0 Å². The predicted octanol–water partition coefficient (Wildman–Crippen LogP) is 1.28. The number of carboxylic acids is 1. The van der Waals surface area contributed by atoms with Gasteiger partial charge in [0.2, 0.25) is 5.88 Å². The maximum absolute atomic E-state index is 11.0. The lowest BCUT2D eigenvalue weighted by Gasteiger charge is -2.08. The van der Waals surface area contributed by atoms with Crippen molar-refractivity contribution in [3.8, 4) is 18.2 Å². The Hall–Kier alpha value is -2.02. The van der Waals surface area contributed by atoms with Crippen molar-refractivity contribution in [2.75, 3.05) is 6.61 Å². The van der Waals surface area contributed by atoms with Gasteiger partial charge in [-0.25, -0.2) is 9.78 Å². The van der Waals surface area contributed by atoms with Gasteiger partial charge in [0, 0.05) is 5.69 Å². The number of hydrogen-bond acceptors (Lipinski definition) is 3. The summed E-state index contributed by atoms with van der Waals surface area (Å²) >= 11 is 0. The van der Waals surface area contributed by atoms with Gasteiger partial charge in [0.25, 0.3) is 0 Å². The highest BCUT2D eigenvalue weighted by molar-refractivity contribution is 5.90. The van der Waals surface area contributed by atoms with E-state index in [2.05, 4.69) is 10.9 Å². The summed E-state index contributed by atoms with van der Waals surface area (Å²) in [5.41, 5.74) is 2.03. The first-order chi connectivity index (χ1) is 7.72. The average molecular weight is 217 g/mol. The first-order valence-electron chi connectivity index (χ1n) is 5.04. The van der Waals surface area contributed by atoms with Crippen LogP contribution in [0.4, 0.5) is 0 Å². The average Bonchev–Trinajstić information content (AvgIpc) is 2.71. The fourth-order valence-electron chi connectivity index (χ4n) is 1.83. The zero-order valence-corrected chi connectivity index (χ0v) is 8.69. The van der Waals surface area contributed by atoms with Gasteiger partial charge < -0.3 is 9.84 Å². The molecule has 0 spiro atoms. The van der Waals surface area contributed by atoms with Crippen molar-refractivity contribution in [3.05, 3.63) is 22.9 Å². The number of nitrogens with zero attached hydrogens (tertiary/aromatic N) is 1. The number of aromatic carboxylic acids is 1. The number of pyridine rings is 1. The van der Waals surface area contributed by atoms with Crippen LogP contribution < -0.4 is 4.74 Å². The van der Waals surface area contributed by atoms with E-state index in [1.54, 1.807) is 6.07 Å². The molecule has 0 unspecified atom stereocenters. The molecule has 2 rings (SSSR count). The second kappa shape index (κ2) is 4.23. The molecule has 82 valence electrons. The number of carbonyl (C=O) groups is 1. The number of carboxylic acid groups (broad SMARTS) is 1. The quantitative estimate of drug-likeness (QED) is 0.775. The molecule has 4 heteroatoms. The van der Waals surface area contributed by atoms with Crippen LogP contribution in [0.2, 0.25) is 0 Å². The van der Waals surface area contributed by atoms with E-state index in [0.29, 0.717) is 0 Å². The molecule has 0 amide bonds. The van der Waals surface area contributed by atoms with Gasteiger partial charge >= 0.3 is 5.97 Å². The summed E-state index contributed by atoms with van der Waals surface area (Å²) in [5, 5.41) is 9.02. The maximum atomic E-state index is 11.0. The Morgan fingerprint density at radius 2 is 2.44 bits per heavy atom. The SMILES string of the molecule is C#CCOc1nc2c(cc1C(=O)O)CCC2. The third kappa shape index (κ3) is 1.84. The van der Waals surface area contributed by atoms with Crippen LogP contribution in [0, 0.1) is 12.3 Å². The third-order valence-electron chi connectivity index (χ3n) is 2.54. The Bertz CT molecular complexity index is 474. The van der Waals surface area contributed by atoms with E-state index in [-0.39, 0.29) is 18.1 Å². The molecule has 0 fully saturated rings. The highest BCUT2D eigenvalue weighted by atomic mass is 16.5. The van der Waals surface area contributed by atoms with Crippen LogP contribution in [0.3, 0.4) is 0 Å². The molecular formula is C12H11NO3. The first kappa shape index (κ1) is 10.5. The van der Waals surface area contributed by atoms with Crippen molar-refractivity contribution in [1.82, 2.24) is 4.98 Å². The number of rotatable bonds is 3. The number of aromatic nitrogens is 1. The van der Waals surface area contributed by atoms with Crippen molar-refractivity contribution < 1.29 is 14.6 Å². The normalized spacial score (nSPS) is 12.9. The van der Waals surface area contributed by atoms with E-state index in [4.69, 9.17) is 16.3 Å². The van der Waals surface area contributed by atoms with Crippen LogP contribution >= 0.6 is 0 Å². The summed E-state index contributed by atoms with van der Waals surface area (Å²) in [6.45, 7) is 0.0338. The minimum atomic E-state index is -1.03. The zero-order valence-electron chi connectivity index (χ0n) is 8.69. The highest BCUT2D eigenvalue weighted by Gasteiger charge is 2.20. The maximum Gasteiger partial charge on any atom is 0.341 e. The van der Waals surface area contributed by atoms with E-state index in [0.717, 1.165) is 30.5 Å². The van der Waals surface area contributed by atoms with Crippen molar-refractivity contribution in [1.29, 1.82) is 0 Å². The fraction of sp³-hybridized carbons (Fsp3) is 0.333. The smallest absolute Gasteiger partial charge is 0.341 e. The molecule has 1 aromatic heterocycles. The van der Waals surface area contributed by atoms with Gasteiger partial charge in [-0.05, 0) is 30.9 Å². The molecule has 0 atom stereocenters. The molecule has 0 aromatic carbocycles. The number of aryl methyl sites for hydroxylation is 2. The molecule has 0 saturated carbocycles. The monoisotopic (exact) mass is 217 g/mol. The predicted molar refractivity (Wildman–Crippen MR) is 57.5 cm³/mol. The minimum absolute atomic E-state index is 0.0338. The lowest BCUT2D eigenvalue weighted by molar-refractivity contribution is 0.0691. The van der Waals surface area contributed by atoms with E-state index >= 15 is 0 Å². The fourth-order valence-corrected chi connectivity index (χ4v) is 1.83. The summed E-state index contributed by atoms with van der Waals surface area (Å²) in [6.07, 6.45) is 7.84. The van der Waals surface area contributed by atoms with Crippen molar-refractivity contribution in [2.24, 2.45) is 0 Å². The summed E-state index contributed by atoms with van der Waals surface area (Å²) in [4.78, 5) is 15.2. The second-order valence-corrected chi connectivity index (χ2v) is 3.60. The Labute approximate surface area is 93.3 Å². The van der Waals surface area contributed by atoms with Gasteiger partial charge in [-0.3, -0.25) is 0 Å². The Kier molecular flexibility index (Phi) is 2.78. The van der Waals surface area contributed by atoms with Gasteiger partial charge in [0.15, 0.2) is 6.61 Å². The Morgan fingerprint density at radius 1 is 1.62 bits per heavy atom. The zero-order chi connectivity index (χ0) is 11.5. The number of ether oxygens (including phenoxy) is 1. The van der Waals surface area contributed by atoms with Crippen LogP contribution in [0.5, 0.6) is 5.88 Å². The lowest BCUT2D eigenvalue weighted by atomic mass is 10.1. The second-order valence-electron chi connectivity index (χ2n) is 3.60. The molecule has 0 saturated heterocycles. The van der Waals surface area contributed by atoms with Crippen molar-refractivity contribution in [2.45, 2.75) is 19.3 Å². The van der Waals surface area contributed by atoms with Crippen molar-refractivity contribution >= 4 is 5.97 Å². The van der Waals surface area contributed by atoms with Crippen LogP contribution in [-0.4, -0.2) is 22.7 Å². The van der Waals surface area contributed by atoms with Crippen LogP contribution in [0.25, 0.3) is 0 Å². The standard InChI is InChI=1S/C12H11NO3/c1-2-6-16-11-9(12(14)15)7-8-4-3-5-10(8)13-11/h1,7H,3-6H2,(H,14,15). The molecule has 1 aliphatic carbocycles. The first-order valence-corrected chi connectivity index (χ1v) is 5.04. The van der Waals surface area contributed by atoms with Crippen LogP contribution in [0.1, 0.15) is 28.0 Å². The molecule has 0 aliphatic heterocycles. The molecule has 4 nitrogen and oxygen atoms in total. The topological polar surface area (TPSA) is 59.4 Å².